The molecule has 0 unspecified atom stereocenters. The van der Waals surface area contributed by atoms with E-state index in [-0.39, 0.29) is 0 Å². The third kappa shape index (κ3) is 3.85. The summed E-state index contributed by atoms with van der Waals surface area (Å²) in [4.78, 5) is 0. The molecule has 0 bridgehead atoms. The molecule has 1 aromatic heterocycles. The Morgan fingerprint density at radius 1 is 1.29 bits per heavy atom. The van der Waals surface area contributed by atoms with Gasteiger partial charge in [-0.2, -0.15) is 0 Å². The Bertz CT molecular complexity index is 250. The minimum absolute atomic E-state index is 0.623. The Morgan fingerprint density at radius 3 is 2.64 bits per heavy atom. The van der Waals surface area contributed by atoms with Gasteiger partial charge in [-0.3, -0.25) is 0 Å². The zero-order valence-corrected chi connectivity index (χ0v) is 8.75. The summed E-state index contributed by atoms with van der Waals surface area (Å²) in [5.41, 5.74) is 0. The number of hydrogen-bond donors (Lipinski definition) is 1. The smallest absolute Gasteiger partial charge is 0.218 e. The van der Waals surface area contributed by atoms with Crippen LogP contribution in [-0.4, -0.2) is 37.5 Å². The van der Waals surface area contributed by atoms with Crippen LogP contribution in [0.15, 0.2) is 4.42 Å². The van der Waals surface area contributed by atoms with Gasteiger partial charge in [0.15, 0.2) is 0 Å². The van der Waals surface area contributed by atoms with Gasteiger partial charge in [-0.05, 0) is 20.0 Å². The van der Waals surface area contributed by atoms with Gasteiger partial charge in [0.2, 0.25) is 11.8 Å². The Labute approximate surface area is 83.9 Å². The number of aromatic nitrogens is 2. The first-order valence-electron chi connectivity index (χ1n) is 4.81. The van der Waals surface area contributed by atoms with Crippen molar-refractivity contribution in [3.8, 4) is 0 Å². The largest absolute Gasteiger partial charge is 0.425 e. The average Bonchev–Trinajstić information content (AvgIpc) is 2.63. The van der Waals surface area contributed by atoms with E-state index in [1.165, 1.54) is 0 Å². The predicted molar refractivity (Wildman–Crippen MR) is 52.1 cm³/mol. The van der Waals surface area contributed by atoms with E-state index >= 15 is 0 Å². The second kappa shape index (κ2) is 6.50. The van der Waals surface area contributed by atoms with Crippen molar-refractivity contribution in [1.82, 2.24) is 15.5 Å². The standard InChI is InChI=1S/C9H17N3O2/c1-10-6-3-4-8-11-12-9(14-8)5-7-13-2/h10H,3-7H2,1-2H3. The van der Waals surface area contributed by atoms with Crippen LogP contribution in [0.5, 0.6) is 0 Å². The van der Waals surface area contributed by atoms with E-state index < -0.39 is 0 Å². The molecule has 0 amide bonds. The fraction of sp³-hybridized carbons (Fsp3) is 0.778. The van der Waals surface area contributed by atoms with E-state index in [0.717, 1.165) is 19.4 Å². The summed E-state index contributed by atoms with van der Waals surface area (Å²) in [6.45, 7) is 1.59. The third-order valence-electron chi connectivity index (χ3n) is 1.85. The minimum Gasteiger partial charge on any atom is -0.425 e. The Morgan fingerprint density at radius 2 is 2.00 bits per heavy atom. The molecule has 1 aromatic rings. The molecule has 14 heavy (non-hydrogen) atoms. The van der Waals surface area contributed by atoms with Crippen LogP contribution in [0.25, 0.3) is 0 Å². The van der Waals surface area contributed by atoms with Crippen molar-refractivity contribution in [1.29, 1.82) is 0 Å². The lowest BCUT2D eigenvalue weighted by Gasteiger charge is -1.94. The maximum atomic E-state index is 5.40. The number of ether oxygens (including phenoxy) is 1. The number of hydrogen-bond acceptors (Lipinski definition) is 5. The summed E-state index contributed by atoms with van der Waals surface area (Å²) in [6.07, 6.45) is 2.54. The highest BCUT2D eigenvalue weighted by atomic mass is 16.5. The Balaban J connectivity index is 2.27. The average molecular weight is 199 g/mol. The monoisotopic (exact) mass is 199 g/mol. The number of nitrogens with zero attached hydrogens (tertiary/aromatic N) is 2. The van der Waals surface area contributed by atoms with Gasteiger partial charge in [-0.15, -0.1) is 10.2 Å². The number of aryl methyl sites for hydroxylation is 1. The van der Waals surface area contributed by atoms with E-state index in [0.29, 0.717) is 24.8 Å². The van der Waals surface area contributed by atoms with Gasteiger partial charge < -0.3 is 14.5 Å². The Kier molecular flexibility index (Phi) is 5.17. The van der Waals surface area contributed by atoms with Crippen LogP contribution in [0.1, 0.15) is 18.2 Å². The SMILES string of the molecule is CNCCCc1nnc(CCOC)o1. The summed E-state index contributed by atoms with van der Waals surface area (Å²) >= 11 is 0. The lowest BCUT2D eigenvalue weighted by Crippen LogP contribution is -2.08. The summed E-state index contributed by atoms with van der Waals surface area (Å²) in [5.74, 6) is 1.37. The fourth-order valence-electron chi connectivity index (χ4n) is 1.10. The second-order valence-electron chi connectivity index (χ2n) is 3.04. The van der Waals surface area contributed by atoms with E-state index in [1.807, 2.05) is 7.05 Å². The molecular weight excluding hydrogens is 182 g/mol. The quantitative estimate of drug-likeness (QED) is 0.644. The lowest BCUT2D eigenvalue weighted by molar-refractivity contribution is 0.194. The highest BCUT2D eigenvalue weighted by Gasteiger charge is 2.04. The normalized spacial score (nSPS) is 10.7. The van der Waals surface area contributed by atoms with Gasteiger partial charge in [-0.1, -0.05) is 0 Å². The first-order valence-corrected chi connectivity index (χ1v) is 4.81. The van der Waals surface area contributed by atoms with Crippen LogP contribution in [0.2, 0.25) is 0 Å². The lowest BCUT2D eigenvalue weighted by atomic mass is 10.3. The van der Waals surface area contributed by atoms with Crippen LogP contribution in [0.3, 0.4) is 0 Å². The summed E-state index contributed by atoms with van der Waals surface area (Å²) in [5, 5.41) is 10.9. The molecule has 0 atom stereocenters. The number of methoxy groups -OCH3 is 1. The van der Waals surface area contributed by atoms with Crippen LogP contribution >= 0.6 is 0 Å². The molecule has 0 fully saturated rings. The molecule has 0 saturated carbocycles. The molecule has 1 N–H and O–H groups in total. The topological polar surface area (TPSA) is 60.2 Å². The van der Waals surface area contributed by atoms with Crippen molar-refractivity contribution in [2.45, 2.75) is 19.3 Å². The van der Waals surface area contributed by atoms with E-state index in [9.17, 15) is 0 Å². The summed E-state index contributed by atoms with van der Waals surface area (Å²) < 4.78 is 10.3. The van der Waals surface area contributed by atoms with Crippen molar-refractivity contribution < 1.29 is 9.15 Å². The summed E-state index contributed by atoms with van der Waals surface area (Å²) in [7, 11) is 3.59. The molecule has 0 aliphatic carbocycles. The van der Waals surface area contributed by atoms with Crippen molar-refractivity contribution in [2.24, 2.45) is 0 Å². The molecule has 80 valence electrons. The predicted octanol–water partition coefficient (Wildman–Crippen LogP) is 0.410. The third-order valence-corrected chi connectivity index (χ3v) is 1.85. The molecule has 1 rings (SSSR count). The molecule has 0 aliphatic heterocycles. The van der Waals surface area contributed by atoms with Crippen molar-refractivity contribution in [3.05, 3.63) is 11.8 Å². The first kappa shape index (κ1) is 11.1. The maximum absolute atomic E-state index is 5.40. The van der Waals surface area contributed by atoms with Crippen molar-refractivity contribution in [2.75, 3.05) is 27.3 Å². The van der Waals surface area contributed by atoms with E-state index in [4.69, 9.17) is 9.15 Å². The fourth-order valence-corrected chi connectivity index (χ4v) is 1.10. The minimum atomic E-state index is 0.623. The van der Waals surface area contributed by atoms with Crippen LogP contribution in [0, 0.1) is 0 Å². The van der Waals surface area contributed by atoms with Gasteiger partial charge in [0.25, 0.3) is 0 Å². The second-order valence-corrected chi connectivity index (χ2v) is 3.04. The van der Waals surface area contributed by atoms with Gasteiger partial charge in [0, 0.05) is 20.0 Å². The molecule has 5 heteroatoms. The molecule has 0 aromatic carbocycles. The van der Waals surface area contributed by atoms with Gasteiger partial charge in [-0.25, -0.2) is 0 Å². The Hall–Kier alpha value is -0.940. The molecule has 0 saturated heterocycles. The molecule has 0 radical (unpaired) electrons. The summed E-state index contributed by atoms with van der Waals surface area (Å²) in [6, 6.07) is 0. The van der Waals surface area contributed by atoms with E-state index in [1.54, 1.807) is 7.11 Å². The molecule has 5 nitrogen and oxygen atoms in total. The van der Waals surface area contributed by atoms with Gasteiger partial charge in [0.1, 0.15) is 0 Å². The molecule has 0 aliphatic rings. The van der Waals surface area contributed by atoms with Crippen LogP contribution in [-0.2, 0) is 17.6 Å². The maximum Gasteiger partial charge on any atom is 0.218 e. The highest BCUT2D eigenvalue weighted by Crippen LogP contribution is 2.03. The van der Waals surface area contributed by atoms with Gasteiger partial charge >= 0.3 is 0 Å². The van der Waals surface area contributed by atoms with Gasteiger partial charge in [0.05, 0.1) is 6.61 Å². The molecule has 1 heterocycles. The molecular formula is C9H17N3O2. The van der Waals surface area contributed by atoms with Crippen LogP contribution in [0.4, 0.5) is 0 Å². The zero-order valence-electron chi connectivity index (χ0n) is 8.75. The number of nitrogens with one attached hydrogen (secondary N) is 1. The van der Waals surface area contributed by atoms with E-state index in [2.05, 4.69) is 15.5 Å². The number of rotatable bonds is 7. The first-order chi connectivity index (χ1) is 6.86. The van der Waals surface area contributed by atoms with Crippen LogP contribution < -0.4 is 5.32 Å². The highest BCUT2D eigenvalue weighted by molar-refractivity contribution is 4.82. The molecule has 0 spiro atoms. The van der Waals surface area contributed by atoms with Crippen molar-refractivity contribution in [3.63, 3.8) is 0 Å². The zero-order chi connectivity index (χ0) is 10.2. The van der Waals surface area contributed by atoms with Crippen molar-refractivity contribution >= 4 is 0 Å².